The van der Waals surface area contributed by atoms with Crippen molar-refractivity contribution in [3.63, 3.8) is 0 Å². The first kappa shape index (κ1) is 17.0. The van der Waals surface area contributed by atoms with Gasteiger partial charge in [-0.15, -0.1) is 0 Å². The summed E-state index contributed by atoms with van der Waals surface area (Å²) in [5.41, 5.74) is 0. The summed E-state index contributed by atoms with van der Waals surface area (Å²) in [4.78, 5) is 27.8. The van der Waals surface area contributed by atoms with Gasteiger partial charge in [-0.1, -0.05) is 0 Å². The maximum Gasteiger partial charge on any atom is 0.307 e. The summed E-state index contributed by atoms with van der Waals surface area (Å²) in [6.45, 7) is 9.33. The standard InChI is InChI=1S/C15H28N2O3/c1-6-16(10-9-14(18)20-5)15(19)13(4)17-11(2)7-8-12(17)3/h11-13H,6-10H2,1-5H3. The topological polar surface area (TPSA) is 49.9 Å². The van der Waals surface area contributed by atoms with Gasteiger partial charge in [0.15, 0.2) is 0 Å². The van der Waals surface area contributed by atoms with Gasteiger partial charge in [-0.25, -0.2) is 0 Å². The Bertz CT molecular complexity index is 336. The molecule has 1 aliphatic rings. The number of hydrogen-bond acceptors (Lipinski definition) is 4. The number of ether oxygens (including phenoxy) is 1. The van der Waals surface area contributed by atoms with Gasteiger partial charge >= 0.3 is 5.97 Å². The first-order valence-corrected chi connectivity index (χ1v) is 7.55. The van der Waals surface area contributed by atoms with Gasteiger partial charge in [0.2, 0.25) is 5.91 Å². The van der Waals surface area contributed by atoms with Crippen molar-refractivity contribution in [3.05, 3.63) is 0 Å². The smallest absolute Gasteiger partial charge is 0.307 e. The average molecular weight is 284 g/mol. The first-order valence-electron chi connectivity index (χ1n) is 7.55. The van der Waals surface area contributed by atoms with Crippen LogP contribution in [0.2, 0.25) is 0 Å². The van der Waals surface area contributed by atoms with Crippen LogP contribution in [0.25, 0.3) is 0 Å². The average Bonchev–Trinajstić information content (AvgIpc) is 2.77. The molecule has 1 aliphatic heterocycles. The lowest BCUT2D eigenvalue weighted by molar-refractivity contribution is -0.142. The summed E-state index contributed by atoms with van der Waals surface area (Å²) in [5.74, 6) is -0.163. The Morgan fingerprint density at radius 1 is 1.30 bits per heavy atom. The van der Waals surface area contributed by atoms with Crippen molar-refractivity contribution in [2.75, 3.05) is 20.2 Å². The molecule has 1 fully saturated rings. The molecule has 0 spiro atoms. The molecule has 0 aromatic heterocycles. The molecule has 3 atom stereocenters. The lowest BCUT2D eigenvalue weighted by Crippen LogP contribution is -2.50. The Hall–Kier alpha value is -1.10. The van der Waals surface area contributed by atoms with E-state index >= 15 is 0 Å². The molecule has 5 nitrogen and oxygen atoms in total. The zero-order chi connectivity index (χ0) is 15.3. The molecular weight excluding hydrogens is 256 g/mol. The molecule has 0 bridgehead atoms. The fourth-order valence-corrected chi connectivity index (χ4v) is 3.12. The van der Waals surface area contributed by atoms with Crippen molar-refractivity contribution in [2.24, 2.45) is 0 Å². The number of methoxy groups -OCH3 is 1. The summed E-state index contributed by atoms with van der Waals surface area (Å²) in [5, 5.41) is 0. The third kappa shape index (κ3) is 3.95. The molecule has 5 heteroatoms. The van der Waals surface area contributed by atoms with Crippen LogP contribution in [-0.4, -0.2) is 60.0 Å². The van der Waals surface area contributed by atoms with Crippen LogP contribution >= 0.6 is 0 Å². The zero-order valence-electron chi connectivity index (χ0n) is 13.4. The molecule has 1 heterocycles. The number of likely N-dealkylation sites (tertiary alicyclic amines) is 1. The monoisotopic (exact) mass is 284 g/mol. The lowest BCUT2D eigenvalue weighted by atomic mass is 10.2. The van der Waals surface area contributed by atoms with Gasteiger partial charge in [0, 0.05) is 25.2 Å². The Labute approximate surface area is 122 Å². The predicted octanol–water partition coefficient (Wildman–Crippen LogP) is 1.66. The zero-order valence-corrected chi connectivity index (χ0v) is 13.4. The summed E-state index contributed by atoms with van der Waals surface area (Å²) >= 11 is 0. The van der Waals surface area contributed by atoms with Crippen LogP contribution in [0.15, 0.2) is 0 Å². The fourth-order valence-electron chi connectivity index (χ4n) is 3.12. The minimum atomic E-state index is -0.271. The number of carbonyl (C=O) groups excluding carboxylic acids is 2. The number of hydrogen-bond donors (Lipinski definition) is 0. The molecule has 0 aliphatic carbocycles. The van der Waals surface area contributed by atoms with Crippen molar-refractivity contribution in [2.45, 2.75) is 65.1 Å². The molecule has 0 saturated carbocycles. The Balaban J connectivity index is 2.63. The van der Waals surface area contributed by atoms with E-state index in [1.54, 1.807) is 4.90 Å². The van der Waals surface area contributed by atoms with Gasteiger partial charge in [-0.3, -0.25) is 14.5 Å². The van der Waals surface area contributed by atoms with Crippen molar-refractivity contribution >= 4 is 11.9 Å². The number of amides is 1. The quantitative estimate of drug-likeness (QED) is 0.696. The van der Waals surface area contributed by atoms with Gasteiger partial charge in [-0.05, 0) is 40.5 Å². The molecule has 0 N–H and O–H groups in total. The number of rotatable bonds is 6. The molecular formula is C15H28N2O3. The van der Waals surface area contributed by atoms with Gasteiger partial charge in [-0.2, -0.15) is 0 Å². The SMILES string of the molecule is CCN(CCC(=O)OC)C(=O)C(C)N1C(C)CCC1C. The highest BCUT2D eigenvalue weighted by Crippen LogP contribution is 2.26. The second-order valence-corrected chi connectivity index (χ2v) is 5.64. The van der Waals surface area contributed by atoms with Crippen LogP contribution in [0.5, 0.6) is 0 Å². The molecule has 0 radical (unpaired) electrons. The normalized spacial score (nSPS) is 24.4. The second kappa shape index (κ2) is 7.62. The van der Waals surface area contributed by atoms with Crippen molar-refractivity contribution in [1.82, 2.24) is 9.80 Å². The van der Waals surface area contributed by atoms with Gasteiger partial charge in [0.1, 0.15) is 0 Å². The van der Waals surface area contributed by atoms with E-state index in [-0.39, 0.29) is 24.3 Å². The highest BCUT2D eigenvalue weighted by Gasteiger charge is 2.35. The summed E-state index contributed by atoms with van der Waals surface area (Å²) in [6.07, 6.45) is 2.55. The van der Waals surface area contributed by atoms with E-state index in [1.165, 1.54) is 7.11 Å². The summed E-state index contributed by atoms with van der Waals surface area (Å²) in [6, 6.07) is 0.770. The minimum absolute atomic E-state index is 0.108. The molecule has 1 amide bonds. The molecule has 0 aromatic carbocycles. The van der Waals surface area contributed by atoms with Gasteiger partial charge < -0.3 is 9.64 Å². The third-order valence-corrected chi connectivity index (χ3v) is 4.33. The van der Waals surface area contributed by atoms with Crippen molar-refractivity contribution in [1.29, 1.82) is 0 Å². The van der Waals surface area contributed by atoms with E-state index < -0.39 is 0 Å². The second-order valence-electron chi connectivity index (χ2n) is 5.64. The van der Waals surface area contributed by atoms with Crippen LogP contribution in [0.1, 0.15) is 47.0 Å². The maximum absolute atomic E-state index is 12.6. The number of esters is 1. The lowest BCUT2D eigenvalue weighted by Gasteiger charge is -2.34. The van der Waals surface area contributed by atoms with Gasteiger partial charge in [0.25, 0.3) is 0 Å². The molecule has 1 rings (SSSR count). The summed E-state index contributed by atoms with van der Waals surface area (Å²) in [7, 11) is 1.37. The Morgan fingerprint density at radius 3 is 2.30 bits per heavy atom. The van der Waals surface area contributed by atoms with Crippen LogP contribution in [0.4, 0.5) is 0 Å². The molecule has 3 unspecified atom stereocenters. The van der Waals surface area contributed by atoms with Crippen LogP contribution < -0.4 is 0 Å². The first-order chi connectivity index (χ1) is 9.42. The highest BCUT2D eigenvalue weighted by molar-refractivity contribution is 5.82. The van der Waals surface area contributed by atoms with Crippen LogP contribution in [0.3, 0.4) is 0 Å². The Kier molecular flexibility index (Phi) is 6.46. The molecule has 116 valence electrons. The summed E-state index contributed by atoms with van der Waals surface area (Å²) < 4.78 is 4.63. The van der Waals surface area contributed by atoms with E-state index in [0.717, 1.165) is 12.8 Å². The fraction of sp³-hybridized carbons (Fsp3) is 0.867. The number of nitrogens with zero attached hydrogens (tertiary/aromatic N) is 2. The maximum atomic E-state index is 12.6. The number of likely N-dealkylation sites (N-methyl/N-ethyl adjacent to an activating group) is 1. The predicted molar refractivity (Wildman–Crippen MR) is 78.3 cm³/mol. The minimum Gasteiger partial charge on any atom is -0.469 e. The van der Waals surface area contributed by atoms with Crippen LogP contribution in [0, 0.1) is 0 Å². The Morgan fingerprint density at radius 2 is 1.85 bits per heavy atom. The van der Waals surface area contributed by atoms with Crippen molar-refractivity contribution < 1.29 is 14.3 Å². The highest BCUT2D eigenvalue weighted by atomic mass is 16.5. The van der Waals surface area contributed by atoms with E-state index in [9.17, 15) is 9.59 Å². The molecule has 1 saturated heterocycles. The van der Waals surface area contributed by atoms with Crippen LogP contribution in [-0.2, 0) is 14.3 Å². The van der Waals surface area contributed by atoms with E-state index in [2.05, 4.69) is 23.5 Å². The van der Waals surface area contributed by atoms with E-state index in [0.29, 0.717) is 25.2 Å². The third-order valence-electron chi connectivity index (χ3n) is 4.33. The largest absolute Gasteiger partial charge is 0.469 e. The molecule has 0 aromatic rings. The van der Waals surface area contributed by atoms with Crippen molar-refractivity contribution in [3.8, 4) is 0 Å². The van der Waals surface area contributed by atoms with E-state index in [1.807, 2.05) is 13.8 Å². The molecule has 20 heavy (non-hydrogen) atoms. The number of carbonyl (C=O) groups is 2. The van der Waals surface area contributed by atoms with Gasteiger partial charge in [0.05, 0.1) is 19.6 Å². The van der Waals surface area contributed by atoms with E-state index in [4.69, 9.17) is 0 Å².